The largest absolute Gasteiger partial charge is 0.399 e. The van der Waals surface area contributed by atoms with Gasteiger partial charge >= 0.3 is 6.03 Å². The molecule has 8 heteroatoms. The van der Waals surface area contributed by atoms with Gasteiger partial charge in [0.05, 0.1) is 11.7 Å². The minimum Gasteiger partial charge on any atom is -0.399 e. The molecule has 2 amide bonds. The second kappa shape index (κ2) is 6.86. The molecule has 132 valence electrons. The molecule has 3 aromatic rings. The summed E-state index contributed by atoms with van der Waals surface area (Å²) in [5.41, 5.74) is 10.2. The Kier molecular flexibility index (Phi) is 4.56. The van der Waals surface area contributed by atoms with Gasteiger partial charge in [-0.25, -0.2) is 9.78 Å². The number of thiazole rings is 1. The Bertz CT molecular complexity index is 1010. The lowest BCUT2D eigenvalue weighted by atomic mass is 10.0. The van der Waals surface area contributed by atoms with E-state index in [1.807, 2.05) is 48.0 Å². The SMILES string of the molecule is CC1=C(c2nc(-c3ccc(N)cc3)cs2)C(c2cc(Br)cs2)NC(=O)N1. The van der Waals surface area contributed by atoms with Crippen molar-refractivity contribution in [1.82, 2.24) is 15.6 Å². The average Bonchev–Trinajstić information content (AvgIpc) is 3.24. The zero-order chi connectivity index (χ0) is 18.3. The standard InChI is InChI=1S/C18H15BrN4OS2/c1-9-15(16(23-18(24)21-9)14-6-11(19)7-25-14)17-22-13(8-26-17)10-2-4-12(20)5-3-10/h2-8,16H,20H2,1H3,(H2,21,23,24). The molecule has 1 aliphatic heterocycles. The van der Waals surface area contributed by atoms with Crippen LogP contribution in [0.1, 0.15) is 22.9 Å². The number of nitrogens with one attached hydrogen (secondary N) is 2. The number of halogens is 1. The minimum absolute atomic E-state index is 0.198. The first-order valence-electron chi connectivity index (χ1n) is 7.85. The molecule has 4 rings (SSSR count). The lowest BCUT2D eigenvalue weighted by molar-refractivity contribution is 0.240. The smallest absolute Gasteiger partial charge is 0.319 e. The van der Waals surface area contributed by atoms with Gasteiger partial charge in [-0.2, -0.15) is 0 Å². The highest BCUT2D eigenvalue weighted by molar-refractivity contribution is 9.10. The minimum atomic E-state index is -0.217. The van der Waals surface area contributed by atoms with Crippen LogP contribution in [0.2, 0.25) is 0 Å². The highest BCUT2D eigenvalue weighted by atomic mass is 79.9. The summed E-state index contributed by atoms with van der Waals surface area (Å²) in [4.78, 5) is 17.9. The fourth-order valence-corrected chi connectivity index (χ4v) is 5.32. The van der Waals surface area contributed by atoms with Gasteiger partial charge in [-0.1, -0.05) is 12.1 Å². The number of rotatable bonds is 3. The van der Waals surface area contributed by atoms with Crippen LogP contribution in [0.3, 0.4) is 0 Å². The van der Waals surface area contributed by atoms with Crippen molar-refractivity contribution in [1.29, 1.82) is 0 Å². The number of aromatic nitrogens is 1. The van der Waals surface area contributed by atoms with Crippen molar-refractivity contribution in [3.05, 3.63) is 61.1 Å². The van der Waals surface area contributed by atoms with E-state index >= 15 is 0 Å². The van der Waals surface area contributed by atoms with E-state index in [2.05, 4.69) is 26.6 Å². The maximum Gasteiger partial charge on any atom is 0.319 e. The summed E-state index contributed by atoms with van der Waals surface area (Å²) in [6.07, 6.45) is 0. The van der Waals surface area contributed by atoms with Crippen LogP contribution in [0.5, 0.6) is 0 Å². The number of nitrogen functional groups attached to an aromatic ring is 1. The van der Waals surface area contributed by atoms with E-state index in [-0.39, 0.29) is 12.1 Å². The zero-order valence-electron chi connectivity index (χ0n) is 13.7. The molecular weight excluding hydrogens is 432 g/mol. The van der Waals surface area contributed by atoms with Crippen molar-refractivity contribution in [2.24, 2.45) is 0 Å². The molecule has 0 aliphatic carbocycles. The van der Waals surface area contributed by atoms with E-state index in [0.29, 0.717) is 0 Å². The number of nitrogens with two attached hydrogens (primary N) is 1. The molecule has 0 radical (unpaired) electrons. The number of thiophene rings is 1. The number of hydrogen-bond donors (Lipinski definition) is 3. The zero-order valence-corrected chi connectivity index (χ0v) is 17.0. The summed E-state index contributed by atoms with van der Waals surface area (Å²) in [6.45, 7) is 1.91. The second-order valence-corrected chi connectivity index (χ2v) is 8.61. The first-order chi connectivity index (χ1) is 12.5. The number of nitrogens with zero attached hydrogens (tertiary/aromatic N) is 1. The van der Waals surface area contributed by atoms with Crippen molar-refractivity contribution in [3.63, 3.8) is 0 Å². The fourth-order valence-electron chi connectivity index (χ4n) is 2.85. The van der Waals surface area contributed by atoms with Gasteiger partial charge in [-0.15, -0.1) is 22.7 Å². The summed E-state index contributed by atoms with van der Waals surface area (Å²) in [5, 5.41) is 10.8. The van der Waals surface area contributed by atoms with Crippen molar-refractivity contribution in [2.45, 2.75) is 13.0 Å². The van der Waals surface area contributed by atoms with Crippen molar-refractivity contribution in [3.8, 4) is 11.3 Å². The summed E-state index contributed by atoms with van der Waals surface area (Å²) in [6, 6.07) is 9.28. The lowest BCUT2D eigenvalue weighted by Gasteiger charge is -2.27. The van der Waals surface area contributed by atoms with Crippen LogP contribution >= 0.6 is 38.6 Å². The first kappa shape index (κ1) is 17.3. The summed E-state index contributed by atoms with van der Waals surface area (Å²) in [5.74, 6) is 0. The first-order valence-corrected chi connectivity index (χ1v) is 10.4. The molecule has 0 saturated heterocycles. The number of anilines is 1. The molecule has 2 aromatic heterocycles. The predicted molar refractivity (Wildman–Crippen MR) is 111 cm³/mol. The van der Waals surface area contributed by atoms with Crippen LogP contribution in [0.4, 0.5) is 10.5 Å². The van der Waals surface area contributed by atoms with E-state index in [0.717, 1.165) is 42.6 Å². The molecule has 5 nitrogen and oxygen atoms in total. The highest BCUT2D eigenvalue weighted by Gasteiger charge is 2.30. The Morgan fingerprint density at radius 2 is 1.96 bits per heavy atom. The molecule has 1 unspecified atom stereocenters. The summed E-state index contributed by atoms with van der Waals surface area (Å²) >= 11 is 6.66. The second-order valence-electron chi connectivity index (χ2n) is 5.90. The van der Waals surface area contributed by atoms with E-state index < -0.39 is 0 Å². The Hall–Kier alpha value is -2.16. The average molecular weight is 447 g/mol. The van der Waals surface area contributed by atoms with Gasteiger partial charge in [-0.05, 0) is 41.1 Å². The molecule has 4 N–H and O–H groups in total. The van der Waals surface area contributed by atoms with Crippen molar-refractivity contribution in [2.75, 3.05) is 5.73 Å². The van der Waals surface area contributed by atoms with Crippen LogP contribution in [0.25, 0.3) is 16.8 Å². The Labute approximate surface area is 167 Å². The van der Waals surface area contributed by atoms with Gasteiger partial charge in [-0.3, -0.25) is 0 Å². The molecule has 3 heterocycles. The topological polar surface area (TPSA) is 80.0 Å². The number of amides is 2. The number of urea groups is 1. The number of carbonyl (C=O) groups excluding carboxylic acids is 1. The fraction of sp³-hybridized carbons (Fsp3) is 0.111. The van der Waals surface area contributed by atoms with E-state index in [4.69, 9.17) is 10.7 Å². The van der Waals surface area contributed by atoms with E-state index in [9.17, 15) is 4.79 Å². The van der Waals surface area contributed by atoms with Crippen LogP contribution < -0.4 is 16.4 Å². The van der Waals surface area contributed by atoms with Gasteiger partial charge in [0, 0.05) is 42.6 Å². The summed E-state index contributed by atoms with van der Waals surface area (Å²) in [7, 11) is 0. The molecule has 0 fully saturated rings. The van der Waals surface area contributed by atoms with Crippen LogP contribution in [0, 0.1) is 0 Å². The number of carbonyl (C=O) groups is 1. The van der Waals surface area contributed by atoms with E-state index in [1.165, 1.54) is 0 Å². The molecule has 1 aromatic carbocycles. The molecule has 0 saturated carbocycles. The third-order valence-corrected chi connectivity index (χ3v) is 6.72. The van der Waals surface area contributed by atoms with Gasteiger partial charge in [0.25, 0.3) is 0 Å². The molecule has 26 heavy (non-hydrogen) atoms. The Balaban J connectivity index is 1.75. The number of allylic oxidation sites excluding steroid dienone is 1. The van der Waals surface area contributed by atoms with Gasteiger partial charge < -0.3 is 16.4 Å². The van der Waals surface area contributed by atoms with Gasteiger partial charge in [0.2, 0.25) is 0 Å². The van der Waals surface area contributed by atoms with Crippen LogP contribution in [-0.4, -0.2) is 11.0 Å². The van der Waals surface area contributed by atoms with E-state index in [1.54, 1.807) is 22.7 Å². The molecular formula is C18H15BrN4OS2. The summed E-state index contributed by atoms with van der Waals surface area (Å²) < 4.78 is 1.00. The monoisotopic (exact) mass is 446 g/mol. The molecule has 0 spiro atoms. The third-order valence-electron chi connectivity index (χ3n) is 4.08. The molecule has 0 bridgehead atoms. The lowest BCUT2D eigenvalue weighted by Crippen LogP contribution is -2.42. The normalized spacial score (nSPS) is 17.2. The third kappa shape index (κ3) is 3.27. The highest BCUT2D eigenvalue weighted by Crippen LogP contribution is 2.40. The molecule has 1 atom stereocenters. The van der Waals surface area contributed by atoms with Crippen molar-refractivity contribution >= 4 is 55.9 Å². The molecule has 1 aliphatic rings. The number of hydrogen-bond acceptors (Lipinski definition) is 5. The van der Waals surface area contributed by atoms with Crippen LogP contribution in [0.15, 0.2) is 51.3 Å². The van der Waals surface area contributed by atoms with Gasteiger partial charge in [0.1, 0.15) is 5.01 Å². The number of benzene rings is 1. The van der Waals surface area contributed by atoms with Gasteiger partial charge in [0.15, 0.2) is 0 Å². The maximum absolute atomic E-state index is 12.0. The quantitative estimate of drug-likeness (QED) is 0.495. The Morgan fingerprint density at radius 3 is 2.65 bits per heavy atom. The maximum atomic E-state index is 12.0. The predicted octanol–water partition coefficient (Wildman–Crippen LogP) is 5.00. The van der Waals surface area contributed by atoms with Crippen molar-refractivity contribution < 1.29 is 4.79 Å². The Morgan fingerprint density at radius 1 is 1.19 bits per heavy atom. The van der Waals surface area contributed by atoms with Crippen LogP contribution in [-0.2, 0) is 0 Å².